The zero-order valence-corrected chi connectivity index (χ0v) is 16.7. The van der Waals surface area contributed by atoms with E-state index >= 15 is 0 Å². The summed E-state index contributed by atoms with van der Waals surface area (Å²) in [4.78, 5) is 23.8. The van der Waals surface area contributed by atoms with Crippen LogP contribution < -0.4 is 26.8 Å². The molecule has 0 radical (unpaired) electrons. The van der Waals surface area contributed by atoms with Crippen LogP contribution in [0.1, 0.15) is 35.3 Å². The van der Waals surface area contributed by atoms with Crippen LogP contribution in [0.5, 0.6) is 0 Å². The largest absolute Gasteiger partial charge is 0.357 e. The Hall–Kier alpha value is -3.13. The molecule has 0 aromatic heterocycles. The molecule has 0 saturated carbocycles. The molecule has 0 heterocycles. The van der Waals surface area contributed by atoms with Crippen LogP contribution in [-0.4, -0.2) is 23.1 Å². The first-order chi connectivity index (χ1) is 13.4. The lowest BCUT2D eigenvalue weighted by atomic mass is 10.1. The molecule has 0 atom stereocenters. The number of urea groups is 1. The molecular formula is C20H25N5O2S. The first kappa shape index (κ1) is 21.2. The predicted molar refractivity (Wildman–Crippen MR) is 113 cm³/mol. The smallest absolute Gasteiger partial charge is 0.315 e. The topological polar surface area (TPSA) is 94.3 Å². The molecule has 8 heteroatoms. The van der Waals surface area contributed by atoms with E-state index in [0.717, 1.165) is 11.1 Å². The van der Waals surface area contributed by atoms with Gasteiger partial charge in [-0.05, 0) is 49.3 Å². The number of benzene rings is 2. The van der Waals surface area contributed by atoms with Gasteiger partial charge in [-0.25, -0.2) is 4.79 Å². The molecule has 0 aliphatic carbocycles. The van der Waals surface area contributed by atoms with Crippen molar-refractivity contribution in [2.24, 2.45) is 0 Å². The second-order valence-corrected chi connectivity index (χ2v) is 6.83. The van der Waals surface area contributed by atoms with Crippen molar-refractivity contribution >= 4 is 29.3 Å². The summed E-state index contributed by atoms with van der Waals surface area (Å²) < 4.78 is 0. The lowest BCUT2D eigenvalue weighted by molar-refractivity contribution is 0.0943. The number of thiocarbonyl (C=S) groups is 1. The summed E-state index contributed by atoms with van der Waals surface area (Å²) in [6.45, 7) is 4.73. The highest BCUT2D eigenvalue weighted by molar-refractivity contribution is 7.80. The molecule has 5 N–H and O–H groups in total. The lowest BCUT2D eigenvalue weighted by Gasteiger charge is -2.12. The highest BCUT2D eigenvalue weighted by atomic mass is 32.1. The molecule has 0 spiro atoms. The van der Waals surface area contributed by atoms with Gasteiger partial charge in [-0.15, -0.1) is 0 Å². The van der Waals surface area contributed by atoms with Crippen molar-refractivity contribution in [2.75, 3.05) is 0 Å². The standard InChI is InChI=1S/C20H25N5O2S/c1-14(2)23-19(27)21-12-16-8-10-17(11-9-16)18(26)24-25-20(28)22-13-15-6-4-3-5-7-15/h3-11,14H,12-13H2,1-2H3,(H,24,26)(H2,21,23,27)(H2,22,25,28). The Morgan fingerprint density at radius 1 is 0.857 bits per heavy atom. The Morgan fingerprint density at radius 3 is 2.11 bits per heavy atom. The summed E-state index contributed by atoms with van der Waals surface area (Å²) >= 11 is 5.15. The van der Waals surface area contributed by atoms with E-state index in [-0.39, 0.29) is 18.0 Å². The van der Waals surface area contributed by atoms with Crippen molar-refractivity contribution in [3.63, 3.8) is 0 Å². The highest BCUT2D eigenvalue weighted by Gasteiger charge is 2.07. The molecular weight excluding hydrogens is 374 g/mol. The van der Waals surface area contributed by atoms with Crippen LogP contribution in [-0.2, 0) is 13.1 Å². The third-order valence-electron chi connectivity index (χ3n) is 3.67. The summed E-state index contributed by atoms with van der Waals surface area (Å²) in [6, 6.07) is 16.6. The molecule has 0 bridgehead atoms. The number of nitrogens with one attached hydrogen (secondary N) is 5. The van der Waals surface area contributed by atoms with Crippen molar-refractivity contribution in [1.82, 2.24) is 26.8 Å². The molecule has 148 valence electrons. The Kier molecular flexibility index (Phi) is 8.23. The van der Waals surface area contributed by atoms with Crippen molar-refractivity contribution in [3.8, 4) is 0 Å². The van der Waals surface area contributed by atoms with Gasteiger partial charge in [-0.1, -0.05) is 42.5 Å². The van der Waals surface area contributed by atoms with Gasteiger partial charge in [-0.2, -0.15) is 0 Å². The number of carbonyl (C=O) groups excluding carboxylic acids is 2. The summed E-state index contributed by atoms with van der Waals surface area (Å²) in [7, 11) is 0. The molecule has 3 amide bonds. The second-order valence-electron chi connectivity index (χ2n) is 6.43. The molecule has 2 aromatic rings. The van der Waals surface area contributed by atoms with Gasteiger partial charge in [0.15, 0.2) is 5.11 Å². The SMILES string of the molecule is CC(C)NC(=O)NCc1ccc(C(=O)NNC(=S)NCc2ccccc2)cc1. The quantitative estimate of drug-likeness (QED) is 0.379. The number of hydrazine groups is 1. The fourth-order valence-corrected chi connectivity index (χ4v) is 2.40. The van der Waals surface area contributed by atoms with E-state index in [0.29, 0.717) is 23.8 Å². The van der Waals surface area contributed by atoms with Crippen LogP contribution in [0.15, 0.2) is 54.6 Å². The van der Waals surface area contributed by atoms with Crippen LogP contribution in [0, 0.1) is 0 Å². The van der Waals surface area contributed by atoms with Gasteiger partial charge in [0, 0.05) is 24.7 Å². The van der Waals surface area contributed by atoms with Gasteiger partial charge < -0.3 is 16.0 Å². The van der Waals surface area contributed by atoms with Crippen LogP contribution in [0.3, 0.4) is 0 Å². The highest BCUT2D eigenvalue weighted by Crippen LogP contribution is 2.04. The van der Waals surface area contributed by atoms with Crippen molar-refractivity contribution < 1.29 is 9.59 Å². The van der Waals surface area contributed by atoms with Crippen molar-refractivity contribution in [3.05, 3.63) is 71.3 Å². The summed E-state index contributed by atoms with van der Waals surface area (Å²) in [5.41, 5.74) is 7.69. The lowest BCUT2D eigenvalue weighted by Crippen LogP contribution is -2.46. The molecule has 2 rings (SSSR count). The molecule has 7 nitrogen and oxygen atoms in total. The van der Waals surface area contributed by atoms with E-state index in [1.165, 1.54) is 0 Å². The number of amides is 3. The minimum Gasteiger partial charge on any atom is -0.357 e. The van der Waals surface area contributed by atoms with E-state index in [1.807, 2.05) is 44.2 Å². The average molecular weight is 400 g/mol. The zero-order valence-electron chi connectivity index (χ0n) is 15.9. The van der Waals surface area contributed by atoms with Gasteiger partial charge >= 0.3 is 6.03 Å². The van der Waals surface area contributed by atoms with Crippen LogP contribution >= 0.6 is 12.2 Å². The number of hydrogen-bond acceptors (Lipinski definition) is 3. The van der Waals surface area contributed by atoms with Gasteiger partial charge in [0.1, 0.15) is 0 Å². The van der Waals surface area contributed by atoms with Crippen LogP contribution in [0.25, 0.3) is 0 Å². The van der Waals surface area contributed by atoms with Gasteiger partial charge in [-0.3, -0.25) is 15.6 Å². The molecule has 28 heavy (non-hydrogen) atoms. The third kappa shape index (κ3) is 7.63. The monoisotopic (exact) mass is 399 g/mol. The van der Waals surface area contributed by atoms with E-state index in [2.05, 4.69) is 26.8 Å². The number of carbonyl (C=O) groups is 2. The van der Waals surface area contributed by atoms with Gasteiger partial charge in [0.25, 0.3) is 5.91 Å². The van der Waals surface area contributed by atoms with Crippen molar-refractivity contribution in [2.45, 2.75) is 33.0 Å². The number of hydrogen-bond donors (Lipinski definition) is 5. The molecule has 0 aliphatic heterocycles. The van der Waals surface area contributed by atoms with Gasteiger partial charge in [0.05, 0.1) is 0 Å². The van der Waals surface area contributed by atoms with E-state index in [9.17, 15) is 9.59 Å². The van der Waals surface area contributed by atoms with Crippen molar-refractivity contribution in [1.29, 1.82) is 0 Å². The van der Waals surface area contributed by atoms with E-state index in [4.69, 9.17) is 12.2 Å². The van der Waals surface area contributed by atoms with E-state index < -0.39 is 0 Å². The minimum absolute atomic E-state index is 0.0758. The normalized spacial score (nSPS) is 10.1. The maximum absolute atomic E-state index is 12.2. The minimum atomic E-state index is -0.305. The van der Waals surface area contributed by atoms with Crippen LogP contribution in [0.4, 0.5) is 4.79 Å². The Bertz CT molecular complexity index is 794. The Balaban J connectivity index is 1.73. The fourth-order valence-electron chi connectivity index (χ4n) is 2.28. The molecule has 0 unspecified atom stereocenters. The fraction of sp³-hybridized carbons (Fsp3) is 0.250. The third-order valence-corrected chi connectivity index (χ3v) is 3.92. The second kappa shape index (κ2) is 10.9. The molecule has 0 aliphatic rings. The summed E-state index contributed by atoms with van der Waals surface area (Å²) in [5.74, 6) is -0.305. The molecule has 0 saturated heterocycles. The Labute approximate surface area is 170 Å². The first-order valence-corrected chi connectivity index (χ1v) is 9.36. The molecule has 0 fully saturated rings. The maximum atomic E-state index is 12.2. The van der Waals surface area contributed by atoms with Gasteiger partial charge in [0.2, 0.25) is 0 Å². The first-order valence-electron chi connectivity index (χ1n) is 8.95. The average Bonchev–Trinajstić information content (AvgIpc) is 2.69. The zero-order chi connectivity index (χ0) is 20.4. The van der Waals surface area contributed by atoms with E-state index in [1.54, 1.807) is 24.3 Å². The molecule has 2 aromatic carbocycles. The number of rotatable bonds is 6. The summed E-state index contributed by atoms with van der Waals surface area (Å²) in [6.07, 6.45) is 0. The summed E-state index contributed by atoms with van der Waals surface area (Å²) in [5, 5.41) is 8.85. The maximum Gasteiger partial charge on any atom is 0.315 e. The van der Waals surface area contributed by atoms with Crippen LogP contribution in [0.2, 0.25) is 0 Å². The predicted octanol–water partition coefficient (Wildman–Crippen LogP) is 2.20. The Morgan fingerprint density at radius 2 is 1.46 bits per heavy atom.